The summed E-state index contributed by atoms with van der Waals surface area (Å²) in [7, 11) is 1.54. The van der Waals surface area contributed by atoms with Gasteiger partial charge in [0, 0.05) is 5.56 Å². The summed E-state index contributed by atoms with van der Waals surface area (Å²) >= 11 is 0. The predicted octanol–water partition coefficient (Wildman–Crippen LogP) is 2.94. The van der Waals surface area contributed by atoms with E-state index in [1.54, 1.807) is 6.07 Å². The standard InChI is InChI=1S/C15H12N2O3/c1-20-11-8-7-10(15(18)19)12-13(11)17-14(16-12)9-5-3-2-4-6-9/h2-8H,1H3,(H,16,17)(H,18,19). The zero-order valence-electron chi connectivity index (χ0n) is 10.8. The molecule has 3 aromatic rings. The molecular weight excluding hydrogens is 256 g/mol. The van der Waals surface area contributed by atoms with Crippen LogP contribution in [0.2, 0.25) is 0 Å². The quantitative estimate of drug-likeness (QED) is 0.765. The maximum Gasteiger partial charge on any atom is 0.337 e. The van der Waals surface area contributed by atoms with Crippen molar-refractivity contribution in [3.05, 3.63) is 48.0 Å². The third-order valence-electron chi connectivity index (χ3n) is 3.10. The molecule has 0 saturated carbocycles. The van der Waals surface area contributed by atoms with E-state index < -0.39 is 5.97 Å². The molecule has 0 aliphatic rings. The molecule has 1 aromatic heterocycles. The summed E-state index contributed by atoms with van der Waals surface area (Å²) in [5.74, 6) is 0.177. The molecule has 0 saturated heterocycles. The lowest BCUT2D eigenvalue weighted by molar-refractivity contribution is 0.0699. The van der Waals surface area contributed by atoms with E-state index in [-0.39, 0.29) is 5.56 Å². The minimum atomic E-state index is -1.01. The Morgan fingerprint density at radius 3 is 2.60 bits per heavy atom. The van der Waals surface area contributed by atoms with Crippen molar-refractivity contribution < 1.29 is 14.6 Å². The monoisotopic (exact) mass is 268 g/mol. The molecule has 0 aliphatic heterocycles. The molecule has 3 rings (SSSR count). The van der Waals surface area contributed by atoms with Crippen LogP contribution in [0.4, 0.5) is 0 Å². The number of H-pyrrole nitrogens is 1. The summed E-state index contributed by atoms with van der Waals surface area (Å²) in [6.07, 6.45) is 0. The Morgan fingerprint density at radius 2 is 1.95 bits per heavy atom. The van der Waals surface area contributed by atoms with Crippen LogP contribution in [0.15, 0.2) is 42.5 Å². The highest BCUT2D eigenvalue weighted by molar-refractivity contribution is 6.03. The van der Waals surface area contributed by atoms with E-state index in [1.165, 1.54) is 13.2 Å². The normalized spacial score (nSPS) is 10.7. The molecule has 2 N–H and O–H groups in total. The number of nitrogens with zero attached hydrogens (tertiary/aromatic N) is 1. The van der Waals surface area contributed by atoms with Gasteiger partial charge in [-0.05, 0) is 12.1 Å². The van der Waals surface area contributed by atoms with E-state index in [9.17, 15) is 9.90 Å². The minimum Gasteiger partial charge on any atom is -0.494 e. The lowest BCUT2D eigenvalue weighted by Gasteiger charge is -2.02. The number of imidazole rings is 1. The number of aromatic amines is 1. The van der Waals surface area contributed by atoms with Crippen LogP contribution in [0.1, 0.15) is 10.4 Å². The van der Waals surface area contributed by atoms with Gasteiger partial charge < -0.3 is 14.8 Å². The molecular formula is C15H12N2O3. The maximum atomic E-state index is 11.3. The molecule has 0 unspecified atom stereocenters. The van der Waals surface area contributed by atoms with Gasteiger partial charge in [0.05, 0.1) is 12.7 Å². The molecule has 5 nitrogen and oxygen atoms in total. The first-order valence-electron chi connectivity index (χ1n) is 6.06. The zero-order chi connectivity index (χ0) is 14.1. The Hall–Kier alpha value is -2.82. The Morgan fingerprint density at radius 1 is 1.20 bits per heavy atom. The molecule has 0 bridgehead atoms. The number of carbonyl (C=O) groups is 1. The van der Waals surface area contributed by atoms with Gasteiger partial charge in [-0.25, -0.2) is 9.78 Å². The fourth-order valence-electron chi connectivity index (χ4n) is 2.14. The number of benzene rings is 2. The molecule has 0 aliphatic carbocycles. The number of aromatic nitrogens is 2. The van der Waals surface area contributed by atoms with Crippen LogP contribution in [0.3, 0.4) is 0 Å². The summed E-state index contributed by atoms with van der Waals surface area (Å²) in [5, 5.41) is 9.23. The zero-order valence-corrected chi connectivity index (χ0v) is 10.8. The highest BCUT2D eigenvalue weighted by atomic mass is 16.5. The second-order valence-electron chi connectivity index (χ2n) is 4.30. The van der Waals surface area contributed by atoms with E-state index in [4.69, 9.17) is 4.74 Å². The fraction of sp³-hybridized carbons (Fsp3) is 0.0667. The first-order valence-corrected chi connectivity index (χ1v) is 6.06. The number of methoxy groups -OCH3 is 1. The van der Waals surface area contributed by atoms with E-state index in [0.29, 0.717) is 22.6 Å². The topological polar surface area (TPSA) is 75.2 Å². The molecule has 0 amide bonds. The maximum absolute atomic E-state index is 11.3. The van der Waals surface area contributed by atoms with E-state index >= 15 is 0 Å². The molecule has 2 aromatic carbocycles. The predicted molar refractivity (Wildman–Crippen MR) is 75.0 cm³/mol. The summed E-state index contributed by atoms with van der Waals surface area (Å²) in [5.41, 5.74) is 2.03. The van der Waals surface area contributed by atoms with E-state index in [1.807, 2.05) is 30.3 Å². The van der Waals surface area contributed by atoms with Crippen LogP contribution < -0.4 is 4.74 Å². The first-order chi connectivity index (χ1) is 9.70. The lowest BCUT2D eigenvalue weighted by Crippen LogP contribution is -1.98. The van der Waals surface area contributed by atoms with Crippen LogP contribution in [0, 0.1) is 0 Å². The highest BCUT2D eigenvalue weighted by Gasteiger charge is 2.16. The molecule has 5 heteroatoms. The number of carboxylic acid groups (broad SMARTS) is 1. The van der Waals surface area contributed by atoms with Crippen molar-refractivity contribution in [2.75, 3.05) is 7.11 Å². The van der Waals surface area contributed by atoms with E-state index in [0.717, 1.165) is 5.56 Å². The van der Waals surface area contributed by atoms with Gasteiger partial charge in [0.15, 0.2) is 0 Å². The van der Waals surface area contributed by atoms with Crippen molar-refractivity contribution in [3.8, 4) is 17.1 Å². The van der Waals surface area contributed by atoms with Gasteiger partial charge in [-0.1, -0.05) is 30.3 Å². The third kappa shape index (κ3) is 1.89. The number of hydrogen-bond donors (Lipinski definition) is 2. The average Bonchev–Trinajstić information content (AvgIpc) is 2.91. The van der Waals surface area contributed by atoms with Crippen molar-refractivity contribution in [2.45, 2.75) is 0 Å². The molecule has 1 heterocycles. The van der Waals surface area contributed by atoms with Gasteiger partial charge in [0.1, 0.15) is 22.6 Å². The van der Waals surface area contributed by atoms with Crippen molar-refractivity contribution in [3.63, 3.8) is 0 Å². The van der Waals surface area contributed by atoms with Crippen LogP contribution in [-0.2, 0) is 0 Å². The summed E-state index contributed by atoms with van der Waals surface area (Å²) in [6, 6.07) is 12.7. The first kappa shape index (κ1) is 12.2. The summed E-state index contributed by atoms with van der Waals surface area (Å²) in [4.78, 5) is 18.8. The third-order valence-corrected chi connectivity index (χ3v) is 3.10. The van der Waals surface area contributed by atoms with Crippen LogP contribution in [0.5, 0.6) is 5.75 Å². The number of ether oxygens (including phenoxy) is 1. The van der Waals surface area contributed by atoms with Gasteiger partial charge in [-0.15, -0.1) is 0 Å². The largest absolute Gasteiger partial charge is 0.494 e. The Labute approximate surface area is 114 Å². The van der Waals surface area contributed by atoms with Crippen molar-refractivity contribution in [1.29, 1.82) is 0 Å². The average molecular weight is 268 g/mol. The Kier molecular flexibility index (Phi) is 2.87. The number of aromatic carboxylic acids is 1. The number of carboxylic acids is 1. The van der Waals surface area contributed by atoms with Crippen LogP contribution >= 0.6 is 0 Å². The molecule has 0 fully saturated rings. The highest BCUT2D eigenvalue weighted by Crippen LogP contribution is 2.29. The second kappa shape index (κ2) is 4.70. The smallest absolute Gasteiger partial charge is 0.337 e. The van der Waals surface area contributed by atoms with Crippen LogP contribution in [0.25, 0.3) is 22.4 Å². The molecule has 0 spiro atoms. The number of fused-ring (bicyclic) bond motifs is 1. The van der Waals surface area contributed by atoms with Crippen molar-refractivity contribution in [2.24, 2.45) is 0 Å². The molecule has 0 atom stereocenters. The summed E-state index contributed by atoms with van der Waals surface area (Å²) < 4.78 is 5.25. The van der Waals surface area contributed by atoms with Gasteiger partial charge in [0.2, 0.25) is 0 Å². The minimum absolute atomic E-state index is 0.152. The van der Waals surface area contributed by atoms with Gasteiger partial charge in [-0.2, -0.15) is 0 Å². The van der Waals surface area contributed by atoms with Crippen molar-refractivity contribution >= 4 is 17.0 Å². The van der Waals surface area contributed by atoms with Gasteiger partial charge in [-0.3, -0.25) is 0 Å². The van der Waals surface area contributed by atoms with E-state index in [2.05, 4.69) is 9.97 Å². The molecule has 20 heavy (non-hydrogen) atoms. The van der Waals surface area contributed by atoms with Crippen molar-refractivity contribution in [1.82, 2.24) is 9.97 Å². The summed E-state index contributed by atoms with van der Waals surface area (Å²) in [6.45, 7) is 0. The molecule has 100 valence electrons. The SMILES string of the molecule is COc1ccc(C(=O)O)c2nc(-c3ccccc3)[nH]c12. The Balaban J connectivity index is 2.28. The second-order valence-corrected chi connectivity index (χ2v) is 4.30. The van der Waals surface area contributed by atoms with Crippen LogP contribution in [-0.4, -0.2) is 28.2 Å². The van der Waals surface area contributed by atoms with Gasteiger partial charge >= 0.3 is 5.97 Å². The number of hydrogen-bond acceptors (Lipinski definition) is 3. The fourth-order valence-corrected chi connectivity index (χ4v) is 2.14. The lowest BCUT2D eigenvalue weighted by atomic mass is 10.2. The number of rotatable bonds is 3. The molecule has 0 radical (unpaired) electrons. The Bertz CT molecular complexity index is 778. The number of nitrogens with one attached hydrogen (secondary N) is 1. The van der Waals surface area contributed by atoms with Gasteiger partial charge in [0.25, 0.3) is 0 Å².